The fourth-order valence-corrected chi connectivity index (χ4v) is 4.03. The van der Waals surface area contributed by atoms with Crippen LogP contribution in [-0.4, -0.2) is 12.5 Å². The second-order valence-corrected chi connectivity index (χ2v) is 8.72. The maximum atomic E-state index is 12.6. The number of carbonyl (C=O) groups is 1. The van der Waals surface area contributed by atoms with Gasteiger partial charge in [-0.05, 0) is 70.9 Å². The SMILES string of the molecule is CCOc1cc(/C=C(/C#N)C(=O)Nc2cccc(Br)c2)cc(Br)c1OCc1ccccc1C#N. The molecule has 0 fully saturated rings. The van der Waals surface area contributed by atoms with E-state index in [0.717, 1.165) is 10.0 Å². The molecule has 0 radical (unpaired) electrons. The van der Waals surface area contributed by atoms with E-state index in [1.807, 2.05) is 31.2 Å². The van der Waals surface area contributed by atoms with Crippen LogP contribution in [0.5, 0.6) is 11.5 Å². The van der Waals surface area contributed by atoms with E-state index in [-0.39, 0.29) is 12.2 Å². The van der Waals surface area contributed by atoms with Crippen LogP contribution in [0.4, 0.5) is 5.69 Å². The van der Waals surface area contributed by atoms with Gasteiger partial charge in [0.2, 0.25) is 0 Å². The van der Waals surface area contributed by atoms with Crippen molar-refractivity contribution < 1.29 is 14.3 Å². The van der Waals surface area contributed by atoms with Crippen molar-refractivity contribution in [2.75, 3.05) is 11.9 Å². The Hall–Kier alpha value is -3.59. The molecule has 1 N–H and O–H groups in total. The number of ether oxygens (including phenoxy) is 2. The maximum absolute atomic E-state index is 12.6. The van der Waals surface area contributed by atoms with Crippen LogP contribution in [0, 0.1) is 22.7 Å². The van der Waals surface area contributed by atoms with Crippen molar-refractivity contribution in [1.82, 2.24) is 0 Å². The third kappa shape index (κ3) is 6.48. The summed E-state index contributed by atoms with van der Waals surface area (Å²) in [4.78, 5) is 12.6. The molecule has 3 rings (SSSR count). The summed E-state index contributed by atoms with van der Waals surface area (Å²) in [5.41, 5.74) is 2.37. The third-order valence-electron chi connectivity index (χ3n) is 4.60. The molecule has 0 saturated carbocycles. The fraction of sp³-hybridized carbons (Fsp3) is 0.115. The van der Waals surface area contributed by atoms with Crippen molar-refractivity contribution in [2.24, 2.45) is 0 Å². The van der Waals surface area contributed by atoms with Crippen molar-refractivity contribution in [3.8, 4) is 23.6 Å². The van der Waals surface area contributed by atoms with Crippen molar-refractivity contribution in [3.63, 3.8) is 0 Å². The minimum Gasteiger partial charge on any atom is -0.490 e. The number of hydrogen-bond donors (Lipinski definition) is 1. The van der Waals surface area contributed by atoms with E-state index in [0.29, 0.717) is 39.4 Å². The van der Waals surface area contributed by atoms with Gasteiger partial charge < -0.3 is 14.8 Å². The zero-order chi connectivity index (χ0) is 24.5. The van der Waals surface area contributed by atoms with Gasteiger partial charge in [0, 0.05) is 15.7 Å². The van der Waals surface area contributed by atoms with Crippen LogP contribution in [0.25, 0.3) is 6.08 Å². The van der Waals surface area contributed by atoms with Crippen LogP contribution in [-0.2, 0) is 11.4 Å². The van der Waals surface area contributed by atoms with Gasteiger partial charge in [-0.1, -0.05) is 40.2 Å². The van der Waals surface area contributed by atoms with E-state index in [1.54, 1.807) is 42.5 Å². The van der Waals surface area contributed by atoms with Gasteiger partial charge in [-0.15, -0.1) is 0 Å². The summed E-state index contributed by atoms with van der Waals surface area (Å²) in [5.74, 6) is 0.384. The molecule has 0 spiro atoms. The standard InChI is InChI=1S/C26H19Br2N3O3/c1-2-33-24-12-17(10-20(15-30)26(32)31-22-9-5-8-21(27)13-22)11-23(28)25(24)34-16-19-7-4-3-6-18(19)14-29/h3-13H,2,16H2,1H3,(H,31,32)/b20-10-. The van der Waals surface area contributed by atoms with E-state index in [1.165, 1.54) is 6.08 Å². The van der Waals surface area contributed by atoms with E-state index >= 15 is 0 Å². The van der Waals surface area contributed by atoms with Gasteiger partial charge >= 0.3 is 0 Å². The lowest BCUT2D eigenvalue weighted by Crippen LogP contribution is -2.13. The summed E-state index contributed by atoms with van der Waals surface area (Å²) in [7, 11) is 0. The van der Waals surface area contributed by atoms with E-state index in [4.69, 9.17) is 9.47 Å². The smallest absolute Gasteiger partial charge is 0.266 e. The molecular weight excluding hydrogens is 562 g/mol. The first-order valence-electron chi connectivity index (χ1n) is 10.2. The highest BCUT2D eigenvalue weighted by Gasteiger charge is 2.15. The van der Waals surface area contributed by atoms with Crippen molar-refractivity contribution >= 4 is 49.5 Å². The van der Waals surface area contributed by atoms with Gasteiger partial charge in [0.05, 0.1) is 22.7 Å². The second kappa shape index (κ2) is 12.0. The number of nitriles is 2. The Kier molecular flexibility index (Phi) is 8.86. The number of rotatable bonds is 8. The predicted octanol–water partition coefficient (Wildman–Crippen LogP) is 6.61. The molecule has 0 atom stereocenters. The molecule has 0 aliphatic heterocycles. The summed E-state index contributed by atoms with van der Waals surface area (Å²) < 4.78 is 13.1. The molecular formula is C26H19Br2N3O3. The van der Waals surface area contributed by atoms with Gasteiger partial charge in [-0.2, -0.15) is 10.5 Å². The first kappa shape index (κ1) is 25.0. The summed E-state index contributed by atoms with van der Waals surface area (Å²) in [6.45, 7) is 2.41. The Labute approximate surface area is 214 Å². The molecule has 0 heterocycles. The molecule has 170 valence electrons. The summed E-state index contributed by atoms with van der Waals surface area (Å²) >= 11 is 6.85. The van der Waals surface area contributed by atoms with Crippen LogP contribution in [0.2, 0.25) is 0 Å². The monoisotopic (exact) mass is 579 g/mol. The molecule has 3 aromatic rings. The van der Waals surface area contributed by atoms with Crippen molar-refractivity contribution in [2.45, 2.75) is 13.5 Å². The molecule has 1 amide bonds. The molecule has 0 unspecified atom stereocenters. The fourth-order valence-electron chi connectivity index (χ4n) is 3.06. The van der Waals surface area contributed by atoms with Crippen LogP contribution in [0.15, 0.2) is 75.2 Å². The Morgan fingerprint density at radius 3 is 2.56 bits per heavy atom. The molecule has 8 heteroatoms. The molecule has 0 aliphatic carbocycles. The minimum atomic E-state index is -0.525. The van der Waals surface area contributed by atoms with E-state index < -0.39 is 5.91 Å². The maximum Gasteiger partial charge on any atom is 0.266 e. The molecule has 0 saturated heterocycles. The molecule has 0 bridgehead atoms. The number of halogens is 2. The highest BCUT2D eigenvalue weighted by Crippen LogP contribution is 2.38. The lowest BCUT2D eigenvalue weighted by Gasteiger charge is -2.15. The van der Waals surface area contributed by atoms with Gasteiger partial charge in [0.15, 0.2) is 11.5 Å². The number of amides is 1. The Morgan fingerprint density at radius 1 is 1.06 bits per heavy atom. The molecule has 0 aromatic heterocycles. The van der Waals surface area contributed by atoms with Gasteiger partial charge in [-0.3, -0.25) is 4.79 Å². The first-order chi connectivity index (χ1) is 16.4. The number of nitrogens with zero attached hydrogens (tertiary/aromatic N) is 2. The zero-order valence-corrected chi connectivity index (χ0v) is 21.3. The van der Waals surface area contributed by atoms with Crippen LogP contribution in [0.3, 0.4) is 0 Å². The largest absolute Gasteiger partial charge is 0.490 e. The number of benzene rings is 3. The van der Waals surface area contributed by atoms with Crippen molar-refractivity contribution in [1.29, 1.82) is 10.5 Å². The summed E-state index contributed by atoms with van der Waals surface area (Å²) in [5, 5.41) is 21.6. The summed E-state index contributed by atoms with van der Waals surface area (Å²) in [6.07, 6.45) is 1.48. The highest BCUT2D eigenvalue weighted by atomic mass is 79.9. The van der Waals surface area contributed by atoms with E-state index in [9.17, 15) is 15.3 Å². The van der Waals surface area contributed by atoms with Crippen LogP contribution >= 0.6 is 31.9 Å². The zero-order valence-electron chi connectivity index (χ0n) is 18.1. The number of nitrogens with one attached hydrogen (secondary N) is 1. The van der Waals surface area contributed by atoms with Gasteiger partial charge in [-0.25, -0.2) is 0 Å². The minimum absolute atomic E-state index is 0.0639. The Bertz CT molecular complexity index is 1320. The Balaban J connectivity index is 1.87. The van der Waals surface area contributed by atoms with E-state index in [2.05, 4.69) is 43.2 Å². The first-order valence-corrected chi connectivity index (χ1v) is 11.8. The van der Waals surface area contributed by atoms with Gasteiger partial charge in [0.25, 0.3) is 5.91 Å². The molecule has 0 aliphatic rings. The lowest BCUT2D eigenvalue weighted by molar-refractivity contribution is -0.112. The average molecular weight is 581 g/mol. The highest BCUT2D eigenvalue weighted by molar-refractivity contribution is 9.10. The number of anilines is 1. The third-order valence-corrected chi connectivity index (χ3v) is 5.68. The topological polar surface area (TPSA) is 95.1 Å². The number of hydrogen-bond acceptors (Lipinski definition) is 5. The van der Waals surface area contributed by atoms with Crippen LogP contribution < -0.4 is 14.8 Å². The average Bonchev–Trinajstić information content (AvgIpc) is 2.82. The Morgan fingerprint density at radius 2 is 1.85 bits per heavy atom. The van der Waals surface area contributed by atoms with Crippen molar-refractivity contribution in [3.05, 3.63) is 91.9 Å². The summed E-state index contributed by atoms with van der Waals surface area (Å²) in [6, 6.07) is 21.8. The normalized spacial score (nSPS) is 10.7. The van der Waals surface area contributed by atoms with Crippen LogP contribution in [0.1, 0.15) is 23.6 Å². The lowest BCUT2D eigenvalue weighted by atomic mass is 10.1. The predicted molar refractivity (Wildman–Crippen MR) is 137 cm³/mol. The molecule has 3 aromatic carbocycles. The quantitative estimate of drug-likeness (QED) is 0.239. The number of carbonyl (C=O) groups excluding carboxylic acids is 1. The molecule has 6 nitrogen and oxygen atoms in total. The molecule has 34 heavy (non-hydrogen) atoms. The van der Waals surface area contributed by atoms with Gasteiger partial charge in [0.1, 0.15) is 18.2 Å². The second-order valence-electron chi connectivity index (χ2n) is 6.95.